The molecule has 1 amide bonds. The summed E-state index contributed by atoms with van der Waals surface area (Å²) in [5, 5.41) is 8.86. The average Bonchev–Trinajstić information content (AvgIpc) is 3.04. The zero-order chi connectivity index (χ0) is 18.1. The Bertz CT molecular complexity index is 769. The number of aromatic nitrogens is 4. The molecule has 0 N–H and O–H groups in total. The predicted octanol–water partition coefficient (Wildman–Crippen LogP) is 2.10. The number of carbonyl (C=O) groups excluding carboxylic acids is 1. The molecule has 2 aromatic rings. The number of piperidine rings is 1. The van der Waals surface area contributed by atoms with Crippen molar-refractivity contribution in [1.82, 2.24) is 24.5 Å². The predicted molar refractivity (Wildman–Crippen MR) is 94.8 cm³/mol. The fraction of sp³-hybridized carbons (Fsp3) is 0.611. The summed E-state index contributed by atoms with van der Waals surface area (Å²) >= 11 is 0. The summed E-state index contributed by atoms with van der Waals surface area (Å²) in [6.07, 6.45) is 1.98. The van der Waals surface area contributed by atoms with Crippen molar-refractivity contribution in [2.45, 2.75) is 40.2 Å². The van der Waals surface area contributed by atoms with Crippen molar-refractivity contribution in [3.05, 3.63) is 28.7 Å². The van der Waals surface area contributed by atoms with Crippen LogP contribution in [0.4, 0.5) is 0 Å². The molecule has 25 heavy (non-hydrogen) atoms. The highest BCUT2D eigenvalue weighted by molar-refractivity contribution is 5.97. The summed E-state index contributed by atoms with van der Waals surface area (Å²) in [4.78, 5) is 14.8. The van der Waals surface area contributed by atoms with E-state index in [1.807, 2.05) is 18.7 Å². The summed E-state index contributed by atoms with van der Waals surface area (Å²) in [5.74, 6) is 1.11. The van der Waals surface area contributed by atoms with Gasteiger partial charge in [-0.15, -0.1) is 0 Å². The first-order chi connectivity index (χ1) is 11.9. The molecule has 0 aliphatic carbocycles. The van der Waals surface area contributed by atoms with Gasteiger partial charge in [-0.25, -0.2) is 4.68 Å². The second-order valence-electron chi connectivity index (χ2n) is 6.94. The zero-order valence-electron chi connectivity index (χ0n) is 15.7. The first-order valence-electron chi connectivity index (χ1n) is 8.78. The number of amides is 1. The first kappa shape index (κ1) is 17.5. The van der Waals surface area contributed by atoms with Gasteiger partial charge in [0.2, 0.25) is 5.88 Å². The van der Waals surface area contributed by atoms with E-state index in [2.05, 4.69) is 27.9 Å². The molecule has 0 aromatic carbocycles. The van der Waals surface area contributed by atoms with Crippen molar-refractivity contribution < 1.29 is 9.53 Å². The fourth-order valence-electron chi connectivity index (χ4n) is 3.70. The maximum Gasteiger partial charge on any atom is 0.261 e. The Kier molecular flexibility index (Phi) is 4.83. The summed E-state index contributed by atoms with van der Waals surface area (Å²) in [7, 11) is 3.37. The molecule has 0 spiro atoms. The van der Waals surface area contributed by atoms with Crippen LogP contribution >= 0.6 is 0 Å². The van der Waals surface area contributed by atoms with Crippen LogP contribution < -0.4 is 4.74 Å². The Morgan fingerprint density at radius 1 is 1.24 bits per heavy atom. The molecule has 0 saturated carbocycles. The van der Waals surface area contributed by atoms with Crippen LogP contribution in [0.5, 0.6) is 5.88 Å². The molecule has 136 valence electrons. The highest BCUT2D eigenvalue weighted by Crippen LogP contribution is 2.26. The second-order valence-corrected chi connectivity index (χ2v) is 6.94. The number of carbonyl (C=O) groups is 1. The van der Waals surface area contributed by atoms with Gasteiger partial charge in [0, 0.05) is 32.4 Å². The largest absolute Gasteiger partial charge is 0.481 e. The molecular formula is C18H27N5O2. The zero-order valence-corrected chi connectivity index (χ0v) is 15.7. The molecule has 7 heteroatoms. The van der Waals surface area contributed by atoms with Gasteiger partial charge in [0.15, 0.2) is 0 Å². The van der Waals surface area contributed by atoms with E-state index in [0.717, 1.165) is 38.2 Å². The van der Waals surface area contributed by atoms with E-state index in [9.17, 15) is 4.79 Å². The molecular weight excluding hydrogens is 318 g/mol. The van der Waals surface area contributed by atoms with Crippen molar-refractivity contribution in [3.63, 3.8) is 0 Å². The molecule has 1 fully saturated rings. The number of nitrogens with zero attached hydrogens (tertiary/aromatic N) is 5. The third-order valence-corrected chi connectivity index (χ3v) is 5.01. The Morgan fingerprint density at radius 3 is 2.48 bits per heavy atom. The summed E-state index contributed by atoms with van der Waals surface area (Å²) in [5.41, 5.74) is 3.56. The van der Waals surface area contributed by atoms with E-state index in [1.54, 1.807) is 18.8 Å². The lowest BCUT2D eigenvalue weighted by Gasteiger charge is -2.32. The van der Waals surface area contributed by atoms with Gasteiger partial charge in [-0.3, -0.25) is 9.48 Å². The molecule has 1 aliphatic rings. The van der Waals surface area contributed by atoms with Crippen LogP contribution in [-0.2, 0) is 13.6 Å². The standard InChI is InChI=1S/C18H27N5O2/c1-12-10-13(2)23(19-12)11-15-6-8-22(9-7-15)17(24)16-14(3)20-21(4)18(16)25-5/h10,15H,6-9,11H2,1-5H3. The number of hydrogen-bond donors (Lipinski definition) is 0. The van der Waals surface area contributed by atoms with E-state index in [-0.39, 0.29) is 5.91 Å². The number of methoxy groups -OCH3 is 1. The Balaban J connectivity index is 1.64. The van der Waals surface area contributed by atoms with Gasteiger partial charge < -0.3 is 9.64 Å². The van der Waals surface area contributed by atoms with Crippen molar-refractivity contribution in [1.29, 1.82) is 0 Å². The lowest BCUT2D eigenvalue weighted by molar-refractivity contribution is 0.0676. The molecule has 1 saturated heterocycles. The quantitative estimate of drug-likeness (QED) is 0.851. The fourth-order valence-corrected chi connectivity index (χ4v) is 3.70. The SMILES string of the molecule is COc1c(C(=O)N2CCC(Cn3nc(C)cc3C)CC2)c(C)nn1C. The highest BCUT2D eigenvalue weighted by atomic mass is 16.5. The molecule has 0 unspecified atom stereocenters. The van der Waals surface area contributed by atoms with E-state index in [0.29, 0.717) is 23.1 Å². The molecule has 0 atom stereocenters. The Hall–Kier alpha value is -2.31. The summed E-state index contributed by atoms with van der Waals surface area (Å²) < 4.78 is 9.08. The number of hydrogen-bond acceptors (Lipinski definition) is 4. The summed E-state index contributed by atoms with van der Waals surface area (Å²) in [6, 6.07) is 2.11. The smallest absolute Gasteiger partial charge is 0.261 e. The molecule has 0 bridgehead atoms. The van der Waals surface area contributed by atoms with Crippen LogP contribution in [0.15, 0.2) is 6.07 Å². The van der Waals surface area contributed by atoms with Gasteiger partial charge in [-0.05, 0) is 45.6 Å². The average molecular weight is 345 g/mol. The van der Waals surface area contributed by atoms with Crippen LogP contribution in [0.3, 0.4) is 0 Å². The van der Waals surface area contributed by atoms with Crippen molar-refractivity contribution in [2.24, 2.45) is 13.0 Å². The first-order valence-corrected chi connectivity index (χ1v) is 8.78. The van der Waals surface area contributed by atoms with Gasteiger partial charge in [0.1, 0.15) is 5.56 Å². The van der Waals surface area contributed by atoms with Crippen molar-refractivity contribution >= 4 is 5.91 Å². The van der Waals surface area contributed by atoms with Gasteiger partial charge in [-0.1, -0.05) is 0 Å². The van der Waals surface area contributed by atoms with Gasteiger partial charge >= 0.3 is 0 Å². The van der Waals surface area contributed by atoms with Gasteiger partial charge in [0.05, 0.1) is 18.5 Å². The lowest BCUT2D eigenvalue weighted by Crippen LogP contribution is -2.39. The minimum absolute atomic E-state index is 0.0204. The topological polar surface area (TPSA) is 65.2 Å². The number of likely N-dealkylation sites (tertiary alicyclic amines) is 1. The molecule has 3 rings (SSSR count). The van der Waals surface area contributed by atoms with Crippen molar-refractivity contribution in [2.75, 3.05) is 20.2 Å². The van der Waals surface area contributed by atoms with Crippen LogP contribution in [0, 0.1) is 26.7 Å². The third-order valence-electron chi connectivity index (χ3n) is 5.01. The number of rotatable bonds is 4. The molecule has 2 aromatic heterocycles. The molecule has 1 aliphatic heterocycles. The van der Waals surface area contributed by atoms with E-state index < -0.39 is 0 Å². The number of ether oxygens (including phenoxy) is 1. The van der Waals surface area contributed by atoms with Gasteiger partial charge in [-0.2, -0.15) is 10.2 Å². The molecule has 7 nitrogen and oxygen atoms in total. The van der Waals surface area contributed by atoms with Crippen molar-refractivity contribution in [3.8, 4) is 5.88 Å². The van der Waals surface area contributed by atoms with Crippen LogP contribution in [-0.4, -0.2) is 50.6 Å². The van der Waals surface area contributed by atoms with E-state index in [1.165, 1.54) is 5.69 Å². The third kappa shape index (κ3) is 3.41. The van der Waals surface area contributed by atoms with Crippen LogP contribution in [0.2, 0.25) is 0 Å². The minimum atomic E-state index is 0.0204. The molecule has 3 heterocycles. The lowest BCUT2D eigenvalue weighted by atomic mass is 9.96. The summed E-state index contributed by atoms with van der Waals surface area (Å²) in [6.45, 7) is 8.42. The normalized spacial score (nSPS) is 15.6. The Morgan fingerprint density at radius 2 is 1.92 bits per heavy atom. The van der Waals surface area contributed by atoms with Crippen LogP contribution in [0.1, 0.15) is 40.3 Å². The molecule has 0 radical (unpaired) electrons. The maximum atomic E-state index is 12.9. The van der Waals surface area contributed by atoms with E-state index >= 15 is 0 Å². The second kappa shape index (κ2) is 6.90. The minimum Gasteiger partial charge on any atom is -0.481 e. The number of aryl methyl sites for hydroxylation is 4. The highest BCUT2D eigenvalue weighted by Gasteiger charge is 2.29. The van der Waals surface area contributed by atoms with Crippen LogP contribution in [0.25, 0.3) is 0 Å². The Labute approximate surface area is 148 Å². The van der Waals surface area contributed by atoms with E-state index in [4.69, 9.17) is 4.74 Å². The maximum absolute atomic E-state index is 12.9. The monoisotopic (exact) mass is 345 g/mol. The van der Waals surface area contributed by atoms with Gasteiger partial charge in [0.25, 0.3) is 5.91 Å².